The van der Waals surface area contributed by atoms with Gasteiger partial charge in [-0.15, -0.1) is 0 Å². The van der Waals surface area contributed by atoms with Crippen LogP contribution >= 0.6 is 0 Å². The fraction of sp³-hybridized carbons (Fsp3) is 1.00. The third-order valence-corrected chi connectivity index (χ3v) is 4.54. The van der Waals surface area contributed by atoms with Crippen LogP contribution in [0.5, 0.6) is 0 Å². The van der Waals surface area contributed by atoms with Crippen molar-refractivity contribution >= 4 is 0 Å². The van der Waals surface area contributed by atoms with Gasteiger partial charge in [0.15, 0.2) is 0 Å². The number of nitrogens with one attached hydrogen (secondary N) is 1. The number of hydrogen-bond donors (Lipinski definition) is 1. The molecule has 0 amide bonds. The molecule has 0 spiro atoms. The summed E-state index contributed by atoms with van der Waals surface area (Å²) in [6, 6.07) is 0.456. The maximum Gasteiger partial charge on any atom is 0.0628 e. The first-order chi connectivity index (χ1) is 8.34. The van der Waals surface area contributed by atoms with E-state index in [0.717, 1.165) is 25.0 Å². The first kappa shape index (κ1) is 16.0. The van der Waals surface area contributed by atoms with Gasteiger partial charge in [-0.2, -0.15) is 0 Å². The van der Waals surface area contributed by atoms with E-state index < -0.39 is 0 Å². The summed E-state index contributed by atoms with van der Waals surface area (Å²) in [5.41, 5.74) is 0.267. The molecule has 0 aromatic carbocycles. The van der Waals surface area contributed by atoms with Crippen molar-refractivity contribution in [3.63, 3.8) is 0 Å². The van der Waals surface area contributed by atoms with Gasteiger partial charge in [-0.25, -0.2) is 0 Å². The zero-order valence-electron chi connectivity index (χ0n) is 13.3. The quantitative estimate of drug-likeness (QED) is 0.805. The molecule has 0 aliphatic heterocycles. The van der Waals surface area contributed by atoms with Crippen LogP contribution in [0.25, 0.3) is 0 Å². The summed E-state index contributed by atoms with van der Waals surface area (Å²) >= 11 is 0. The molecule has 0 aromatic heterocycles. The summed E-state index contributed by atoms with van der Waals surface area (Å²) in [7, 11) is 0. The van der Waals surface area contributed by atoms with Crippen LogP contribution < -0.4 is 5.32 Å². The van der Waals surface area contributed by atoms with Gasteiger partial charge in [-0.3, -0.25) is 0 Å². The molecule has 1 aliphatic carbocycles. The number of hydrogen-bond acceptors (Lipinski definition) is 2. The second-order valence-electron chi connectivity index (χ2n) is 7.20. The molecule has 1 rings (SSSR count). The largest absolute Gasteiger partial charge is 0.377 e. The lowest BCUT2D eigenvalue weighted by atomic mass is 9.80. The Hall–Kier alpha value is -0.0800. The molecule has 4 unspecified atom stereocenters. The zero-order valence-corrected chi connectivity index (χ0v) is 13.3. The van der Waals surface area contributed by atoms with Gasteiger partial charge in [0.05, 0.1) is 12.7 Å². The highest BCUT2D eigenvalue weighted by atomic mass is 16.5. The van der Waals surface area contributed by atoms with Gasteiger partial charge in [-0.05, 0) is 43.1 Å². The summed E-state index contributed by atoms with van der Waals surface area (Å²) in [5.74, 6) is 1.69. The third-order valence-electron chi connectivity index (χ3n) is 4.54. The summed E-state index contributed by atoms with van der Waals surface area (Å²) in [6.45, 7) is 15.6. The Morgan fingerprint density at radius 3 is 2.33 bits per heavy atom. The molecule has 4 atom stereocenters. The molecule has 1 saturated carbocycles. The predicted molar refractivity (Wildman–Crippen MR) is 78.8 cm³/mol. The van der Waals surface area contributed by atoms with Crippen molar-refractivity contribution in [3.05, 3.63) is 0 Å². The molecule has 0 heterocycles. The first-order valence-electron chi connectivity index (χ1n) is 7.69. The fourth-order valence-corrected chi connectivity index (χ4v) is 2.74. The van der Waals surface area contributed by atoms with E-state index in [1.165, 1.54) is 19.3 Å². The van der Waals surface area contributed by atoms with Gasteiger partial charge in [0.1, 0.15) is 0 Å². The topological polar surface area (TPSA) is 21.3 Å². The highest BCUT2D eigenvalue weighted by Crippen LogP contribution is 2.31. The van der Waals surface area contributed by atoms with Crippen LogP contribution in [0.15, 0.2) is 0 Å². The third kappa shape index (κ3) is 4.89. The van der Waals surface area contributed by atoms with Crippen LogP contribution in [0, 0.1) is 17.3 Å². The van der Waals surface area contributed by atoms with Gasteiger partial charge >= 0.3 is 0 Å². The Labute approximate surface area is 114 Å². The van der Waals surface area contributed by atoms with Crippen LogP contribution in [-0.2, 0) is 4.74 Å². The van der Waals surface area contributed by atoms with Crippen molar-refractivity contribution < 1.29 is 4.74 Å². The maximum atomic E-state index is 6.18. The molecule has 0 bridgehead atoms. The van der Waals surface area contributed by atoms with E-state index in [9.17, 15) is 0 Å². The monoisotopic (exact) mass is 255 g/mol. The smallest absolute Gasteiger partial charge is 0.0628 e. The number of rotatable bonds is 5. The number of likely N-dealkylation sites (N-methyl/N-ethyl adjacent to an activating group) is 1. The summed E-state index contributed by atoms with van der Waals surface area (Å²) in [5, 5.41) is 3.56. The molecule has 18 heavy (non-hydrogen) atoms. The molecule has 0 radical (unpaired) electrons. The average molecular weight is 255 g/mol. The summed E-state index contributed by atoms with van der Waals surface area (Å²) < 4.78 is 6.18. The molecule has 2 heteroatoms. The summed E-state index contributed by atoms with van der Waals surface area (Å²) in [4.78, 5) is 0. The zero-order chi connectivity index (χ0) is 13.8. The molecular formula is C16H33NO. The molecule has 108 valence electrons. The van der Waals surface area contributed by atoms with E-state index in [0.29, 0.717) is 12.1 Å². The normalized spacial score (nSPS) is 31.3. The second-order valence-corrected chi connectivity index (χ2v) is 7.20. The lowest BCUT2D eigenvalue weighted by Gasteiger charge is -2.36. The van der Waals surface area contributed by atoms with E-state index >= 15 is 0 Å². The SMILES string of the molecule is CCNC(COC1CCC(C)C(C)C1)C(C)(C)C. The average Bonchev–Trinajstić information content (AvgIpc) is 2.27. The minimum atomic E-state index is 0.267. The maximum absolute atomic E-state index is 6.18. The highest BCUT2D eigenvalue weighted by Gasteiger charge is 2.28. The van der Waals surface area contributed by atoms with Crippen LogP contribution in [-0.4, -0.2) is 25.3 Å². The first-order valence-corrected chi connectivity index (χ1v) is 7.69. The van der Waals surface area contributed by atoms with Crippen molar-refractivity contribution in [3.8, 4) is 0 Å². The van der Waals surface area contributed by atoms with Gasteiger partial charge in [-0.1, -0.05) is 41.5 Å². The van der Waals surface area contributed by atoms with E-state index in [2.05, 4.69) is 46.9 Å². The van der Waals surface area contributed by atoms with Gasteiger partial charge in [0, 0.05) is 6.04 Å². The van der Waals surface area contributed by atoms with Crippen molar-refractivity contribution in [1.29, 1.82) is 0 Å². The van der Waals surface area contributed by atoms with Crippen LogP contribution in [0.4, 0.5) is 0 Å². The van der Waals surface area contributed by atoms with Gasteiger partial charge in [0.25, 0.3) is 0 Å². The number of ether oxygens (including phenoxy) is 1. The van der Waals surface area contributed by atoms with Crippen molar-refractivity contribution in [2.75, 3.05) is 13.2 Å². The molecule has 2 nitrogen and oxygen atoms in total. The molecule has 1 aliphatic rings. The van der Waals surface area contributed by atoms with Crippen LogP contribution in [0.1, 0.15) is 60.8 Å². The lowest BCUT2D eigenvalue weighted by molar-refractivity contribution is -0.0205. The van der Waals surface area contributed by atoms with Gasteiger partial charge in [0.2, 0.25) is 0 Å². The Bertz CT molecular complexity index is 234. The highest BCUT2D eigenvalue weighted by molar-refractivity contribution is 4.81. The lowest BCUT2D eigenvalue weighted by Crippen LogP contribution is -2.45. The van der Waals surface area contributed by atoms with Crippen molar-refractivity contribution in [2.45, 2.75) is 73.0 Å². The molecule has 0 aromatic rings. The van der Waals surface area contributed by atoms with E-state index in [1.54, 1.807) is 0 Å². The summed E-state index contributed by atoms with van der Waals surface area (Å²) in [6.07, 6.45) is 4.30. The second kappa shape index (κ2) is 6.91. The Morgan fingerprint density at radius 2 is 1.83 bits per heavy atom. The van der Waals surface area contributed by atoms with E-state index in [1.807, 2.05) is 0 Å². The van der Waals surface area contributed by atoms with E-state index in [4.69, 9.17) is 4.74 Å². The minimum absolute atomic E-state index is 0.267. The van der Waals surface area contributed by atoms with E-state index in [-0.39, 0.29) is 5.41 Å². The standard InChI is InChI=1S/C16H33NO/c1-7-17-15(16(4,5)6)11-18-14-9-8-12(2)13(3)10-14/h12-15,17H,7-11H2,1-6H3. The predicted octanol–water partition coefficient (Wildman–Crippen LogP) is 3.85. The Morgan fingerprint density at radius 1 is 1.17 bits per heavy atom. The van der Waals surface area contributed by atoms with Crippen LogP contribution in [0.3, 0.4) is 0 Å². The fourth-order valence-electron chi connectivity index (χ4n) is 2.74. The van der Waals surface area contributed by atoms with Crippen molar-refractivity contribution in [1.82, 2.24) is 5.32 Å². The minimum Gasteiger partial charge on any atom is -0.377 e. The molecule has 1 N–H and O–H groups in total. The van der Waals surface area contributed by atoms with Crippen LogP contribution in [0.2, 0.25) is 0 Å². The molecular weight excluding hydrogens is 222 g/mol. The molecule has 0 saturated heterocycles. The Balaban J connectivity index is 2.38. The van der Waals surface area contributed by atoms with Gasteiger partial charge < -0.3 is 10.1 Å². The Kier molecular flexibility index (Phi) is 6.13. The molecule has 1 fully saturated rings. The van der Waals surface area contributed by atoms with Crippen molar-refractivity contribution in [2.24, 2.45) is 17.3 Å².